The predicted molar refractivity (Wildman–Crippen MR) is 97.9 cm³/mol. The molecule has 134 valence electrons. The van der Waals surface area contributed by atoms with Crippen LogP contribution in [-0.4, -0.2) is 21.6 Å². The fraction of sp³-hybridized carbons (Fsp3) is 0.211. The van der Waals surface area contributed by atoms with Crippen LogP contribution >= 0.6 is 0 Å². The molecule has 1 aromatic carbocycles. The van der Waals surface area contributed by atoms with Crippen molar-refractivity contribution in [2.75, 3.05) is 10.6 Å². The Morgan fingerprint density at radius 1 is 1.19 bits per heavy atom. The lowest BCUT2D eigenvalue weighted by atomic mass is 10.1. The van der Waals surface area contributed by atoms with Gasteiger partial charge < -0.3 is 15.1 Å². The quantitative estimate of drug-likeness (QED) is 0.712. The highest BCUT2D eigenvalue weighted by atomic mass is 16.3. The van der Waals surface area contributed by atoms with Crippen molar-refractivity contribution in [3.63, 3.8) is 0 Å². The number of furan rings is 1. The number of carbonyl (C=O) groups excluding carboxylic acids is 2. The number of rotatable bonds is 6. The molecule has 0 unspecified atom stereocenters. The summed E-state index contributed by atoms with van der Waals surface area (Å²) in [6, 6.07) is 10.5. The molecule has 0 saturated heterocycles. The number of aryl methyl sites for hydroxylation is 1. The van der Waals surface area contributed by atoms with Crippen LogP contribution in [-0.2, 0) is 11.3 Å². The molecule has 0 bridgehead atoms. The molecule has 0 saturated carbocycles. The maximum absolute atomic E-state index is 12.3. The van der Waals surface area contributed by atoms with Crippen LogP contribution in [0.1, 0.15) is 23.0 Å². The summed E-state index contributed by atoms with van der Waals surface area (Å²) < 4.78 is 6.85. The summed E-state index contributed by atoms with van der Waals surface area (Å²) in [5.41, 5.74) is 1.77. The van der Waals surface area contributed by atoms with Gasteiger partial charge in [0.25, 0.3) is 5.91 Å². The number of hydrogen-bond acceptors (Lipinski definition) is 4. The summed E-state index contributed by atoms with van der Waals surface area (Å²) in [7, 11) is 0. The van der Waals surface area contributed by atoms with Gasteiger partial charge in [0.05, 0.1) is 18.0 Å². The molecule has 2 heterocycles. The monoisotopic (exact) mass is 352 g/mol. The molecule has 0 radical (unpaired) electrons. The Kier molecular flexibility index (Phi) is 5.17. The normalized spacial score (nSPS) is 11.8. The minimum absolute atomic E-state index is 0.0915. The number of anilines is 2. The third kappa shape index (κ3) is 4.38. The molecule has 0 aliphatic carbocycles. The van der Waals surface area contributed by atoms with Crippen molar-refractivity contribution in [2.24, 2.45) is 5.92 Å². The first-order valence-corrected chi connectivity index (χ1v) is 8.26. The van der Waals surface area contributed by atoms with Crippen molar-refractivity contribution in [2.45, 2.75) is 20.4 Å². The van der Waals surface area contributed by atoms with Crippen LogP contribution in [0.4, 0.5) is 11.4 Å². The Bertz CT molecular complexity index is 882. The Morgan fingerprint density at radius 3 is 2.46 bits per heavy atom. The number of benzene rings is 1. The molecular formula is C19H20N4O3. The number of aromatic nitrogens is 2. The first kappa shape index (κ1) is 17.5. The summed E-state index contributed by atoms with van der Waals surface area (Å²) in [5, 5.41) is 9.74. The van der Waals surface area contributed by atoms with E-state index in [-0.39, 0.29) is 17.7 Å². The third-order valence-electron chi connectivity index (χ3n) is 3.87. The van der Waals surface area contributed by atoms with Crippen LogP contribution in [0.5, 0.6) is 0 Å². The van der Waals surface area contributed by atoms with E-state index >= 15 is 0 Å². The molecule has 0 aliphatic heterocycles. The average Bonchev–Trinajstić information content (AvgIpc) is 3.28. The number of nitrogens with one attached hydrogen (secondary N) is 2. The van der Waals surface area contributed by atoms with E-state index in [1.807, 2.05) is 19.2 Å². The van der Waals surface area contributed by atoms with Crippen molar-refractivity contribution in [3.8, 4) is 0 Å². The van der Waals surface area contributed by atoms with Crippen LogP contribution in [0.15, 0.2) is 59.5 Å². The fourth-order valence-corrected chi connectivity index (χ4v) is 2.44. The van der Waals surface area contributed by atoms with Gasteiger partial charge in [0.2, 0.25) is 5.91 Å². The van der Waals surface area contributed by atoms with Crippen LogP contribution in [0.2, 0.25) is 0 Å². The molecule has 1 atom stereocenters. The summed E-state index contributed by atoms with van der Waals surface area (Å²) in [4.78, 5) is 24.3. The second-order valence-electron chi connectivity index (χ2n) is 6.10. The van der Waals surface area contributed by atoms with Gasteiger partial charge in [-0.05, 0) is 43.3 Å². The average molecular weight is 352 g/mol. The molecule has 3 aromatic rings. The zero-order valence-electron chi connectivity index (χ0n) is 14.6. The van der Waals surface area contributed by atoms with Crippen molar-refractivity contribution in [1.29, 1.82) is 0 Å². The minimum Gasteiger partial charge on any atom is -0.469 e. The topological polar surface area (TPSA) is 89.2 Å². The molecule has 2 aromatic heterocycles. The highest BCUT2D eigenvalue weighted by Gasteiger charge is 2.14. The highest BCUT2D eigenvalue weighted by Crippen LogP contribution is 2.16. The van der Waals surface area contributed by atoms with E-state index in [0.717, 1.165) is 0 Å². The molecule has 7 heteroatoms. The molecule has 3 rings (SSSR count). The lowest BCUT2D eigenvalue weighted by Gasteiger charge is -2.13. The second-order valence-corrected chi connectivity index (χ2v) is 6.10. The first-order valence-electron chi connectivity index (χ1n) is 8.26. The van der Waals surface area contributed by atoms with Crippen molar-refractivity contribution in [1.82, 2.24) is 9.78 Å². The van der Waals surface area contributed by atoms with Crippen molar-refractivity contribution < 1.29 is 14.0 Å². The Hall–Kier alpha value is -3.35. The molecule has 0 fully saturated rings. The lowest BCUT2D eigenvalue weighted by molar-refractivity contribution is -0.119. The Balaban J connectivity index is 1.55. The van der Waals surface area contributed by atoms with Gasteiger partial charge in [-0.25, -0.2) is 0 Å². The van der Waals surface area contributed by atoms with Crippen LogP contribution in [0.25, 0.3) is 0 Å². The van der Waals surface area contributed by atoms with Gasteiger partial charge >= 0.3 is 0 Å². The van der Waals surface area contributed by atoms with Crippen LogP contribution in [0.3, 0.4) is 0 Å². The number of nitrogens with zero attached hydrogens (tertiary/aromatic N) is 2. The number of carbonyl (C=O) groups is 2. The van der Waals surface area contributed by atoms with E-state index in [0.29, 0.717) is 29.2 Å². The zero-order chi connectivity index (χ0) is 18.5. The highest BCUT2D eigenvalue weighted by molar-refractivity contribution is 6.04. The fourth-order valence-electron chi connectivity index (χ4n) is 2.44. The third-order valence-corrected chi connectivity index (χ3v) is 3.87. The molecule has 7 nitrogen and oxygen atoms in total. The largest absolute Gasteiger partial charge is 0.469 e. The van der Waals surface area contributed by atoms with Gasteiger partial charge in [-0.3, -0.25) is 14.3 Å². The maximum atomic E-state index is 12.3. The van der Waals surface area contributed by atoms with E-state index in [9.17, 15) is 9.59 Å². The Morgan fingerprint density at radius 2 is 1.88 bits per heavy atom. The van der Waals surface area contributed by atoms with E-state index < -0.39 is 0 Å². The minimum atomic E-state index is -0.244. The smallest absolute Gasteiger partial charge is 0.258 e. The van der Waals surface area contributed by atoms with Crippen molar-refractivity contribution >= 4 is 23.2 Å². The molecule has 0 spiro atoms. The number of amides is 2. The van der Waals surface area contributed by atoms with Crippen molar-refractivity contribution in [3.05, 3.63) is 66.4 Å². The first-order chi connectivity index (χ1) is 12.5. The summed E-state index contributed by atoms with van der Waals surface area (Å²) >= 11 is 0. The number of hydrogen-bond donors (Lipinski definition) is 2. The molecule has 2 N–H and O–H groups in total. The molecule has 26 heavy (non-hydrogen) atoms. The van der Waals surface area contributed by atoms with Crippen LogP contribution < -0.4 is 10.6 Å². The van der Waals surface area contributed by atoms with Gasteiger partial charge in [0, 0.05) is 23.8 Å². The second kappa shape index (κ2) is 7.69. The molecular weight excluding hydrogens is 332 g/mol. The van der Waals surface area contributed by atoms with E-state index in [2.05, 4.69) is 15.7 Å². The van der Waals surface area contributed by atoms with Gasteiger partial charge in [0.15, 0.2) is 0 Å². The predicted octanol–water partition coefficient (Wildman–Crippen LogP) is 3.31. The van der Waals surface area contributed by atoms with Gasteiger partial charge in [-0.15, -0.1) is 0 Å². The van der Waals surface area contributed by atoms with E-state index in [1.54, 1.807) is 48.1 Å². The van der Waals surface area contributed by atoms with E-state index in [1.165, 1.54) is 6.26 Å². The standard InChI is InChI=1S/C19H20N4O3/c1-13(11-23-9-3-8-20-23)18(24)21-16-4-6-17(7-5-16)22-19(25)15-10-14(2)26-12-15/h3-10,12-13H,11H2,1-2H3,(H,21,24)(H,22,25)/t13-/m0/s1. The van der Waals surface area contributed by atoms with Gasteiger partial charge in [0.1, 0.15) is 12.0 Å². The van der Waals surface area contributed by atoms with Gasteiger partial charge in [-0.2, -0.15) is 5.10 Å². The van der Waals surface area contributed by atoms with Gasteiger partial charge in [-0.1, -0.05) is 6.92 Å². The summed E-state index contributed by atoms with van der Waals surface area (Å²) in [5.74, 6) is 0.119. The zero-order valence-corrected chi connectivity index (χ0v) is 14.6. The van der Waals surface area contributed by atoms with Crippen LogP contribution in [0, 0.1) is 12.8 Å². The van der Waals surface area contributed by atoms with E-state index in [4.69, 9.17) is 4.42 Å². The summed E-state index contributed by atoms with van der Waals surface area (Å²) in [6.45, 7) is 4.14. The molecule has 2 amide bonds. The SMILES string of the molecule is Cc1cc(C(=O)Nc2ccc(NC(=O)[C@@H](C)Cn3cccn3)cc2)co1. The summed E-state index contributed by atoms with van der Waals surface area (Å²) in [6.07, 6.45) is 4.92. The molecule has 0 aliphatic rings. The maximum Gasteiger partial charge on any atom is 0.258 e. The Labute approximate surface area is 151 Å². The lowest BCUT2D eigenvalue weighted by Crippen LogP contribution is -2.24.